The van der Waals surface area contributed by atoms with Crippen LogP contribution in [0.2, 0.25) is 0 Å². The average molecular weight is 293 g/mol. The SMILES string of the molecule is CC(C)CN1CCN(c2cccc(NN)c2[N+](=O)[O-])CC1. The van der Waals surface area contributed by atoms with Crippen LogP contribution in [0.4, 0.5) is 17.1 Å². The van der Waals surface area contributed by atoms with Gasteiger partial charge in [-0.25, -0.2) is 0 Å². The molecule has 1 aromatic rings. The Morgan fingerprint density at radius 3 is 2.52 bits per heavy atom. The van der Waals surface area contributed by atoms with Crippen LogP contribution in [0.5, 0.6) is 0 Å². The molecule has 1 aromatic carbocycles. The van der Waals surface area contributed by atoms with Gasteiger partial charge in [0.25, 0.3) is 0 Å². The molecule has 7 nitrogen and oxygen atoms in total. The lowest BCUT2D eigenvalue weighted by atomic mass is 10.1. The molecule has 0 aromatic heterocycles. The smallest absolute Gasteiger partial charge is 0.316 e. The Morgan fingerprint density at radius 2 is 2.00 bits per heavy atom. The fourth-order valence-corrected chi connectivity index (χ4v) is 2.78. The van der Waals surface area contributed by atoms with Crippen molar-refractivity contribution >= 4 is 17.1 Å². The van der Waals surface area contributed by atoms with Crippen LogP contribution in [0.3, 0.4) is 0 Å². The fraction of sp³-hybridized carbons (Fsp3) is 0.571. The van der Waals surface area contributed by atoms with Crippen LogP contribution in [0.25, 0.3) is 0 Å². The van der Waals surface area contributed by atoms with Crippen molar-refractivity contribution in [1.82, 2.24) is 4.90 Å². The van der Waals surface area contributed by atoms with Gasteiger partial charge in [-0.3, -0.25) is 20.9 Å². The Labute approximate surface area is 124 Å². The van der Waals surface area contributed by atoms with Gasteiger partial charge in [0.15, 0.2) is 0 Å². The molecule has 2 rings (SSSR count). The summed E-state index contributed by atoms with van der Waals surface area (Å²) in [4.78, 5) is 15.4. The predicted octanol–water partition coefficient (Wildman–Crippen LogP) is 1.66. The van der Waals surface area contributed by atoms with E-state index in [4.69, 9.17) is 5.84 Å². The highest BCUT2D eigenvalue weighted by atomic mass is 16.6. The van der Waals surface area contributed by atoms with E-state index < -0.39 is 0 Å². The van der Waals surface area contributed by atoms with Gasteiger partial charge in [0, 0.05) is 32.7 Å². The van der Waals surface area contributed by atoms with Crippen LogP contribution in [0.1, 0.15) is 13.8 Å². The van der Waals surface area contributed by atoms with E-state index in [0.717, 1.165) is 32.7 Å². The summed E-state index contributed by atoms with van der Waals surface area (Å²) in [6.45, 7) is 8.91. The highest BCUT2D eigenvalue weighted by molar-refractivity contribution is 5.76. The maximum Gasteiger partial charge on any atom is 0.316 e. The number of anilines is 2. The first-order valence-corrected chi connectivity index (χ1v) is 7.24. The minimum atomic E-state index is -0.370. The van der Waals surface area contributed by atoms with Crippen molar-refractivity contribution in [2.24, 2.45) is 11.8 Å². The minimum absolute atomic E-state index is 0.0531. The number of hydrogen-bond donors (Lipinski definition) is 2. The molecule has 1 aliphatic heterocycles. The largest absolute Gasteiger partial charge is 0.363 e. The molecule has 1 saturated heterocycles. The summed E-state index contributed by atoms with van der Waals surface area (Å²) in [6.07, 6.45) is 0. The van der Waals surface area contributed by atoms with Gasteiger partial charge in [-0.05, 0) is 18.1 Å². The molecule has 0 unspecified atom stereocenters. The van der Waals surface area contributed by atoms with Crippen molar-refractivity contribution < 1.29 is 4.92 Å². The summed E-state index contributed by atoms with van der Waals surface area (Å²) in [5, 5.41) is 11.3. The molecule has 1 fully saturated rings. The molecular weight excluding hydrogens is 270 g/mol. The number of nitrogens with one attached hydrogen (secondary N) is 1. The number of para-hydroxylation sites is 1. The van der Waals surface area contributed by atoms with Gasteiger partial charge in [0.05, 0.1) is 4.92 Å². The Balaban J connectivity index is 2.15. The molecular formula is C14H23N5O2. The lowest BCUT2D eigenvalue weighted by Crippen LogP contribution is -2.47. The van der Waals surface area contributed by atoms with E-state index in [2.05, 4.69) is 29.1 Å². The summed E-state index contributed by atoms with van der Waals surface area (Å²) in [5.41, 5.74) is 3.45. The molecule has 0 bridgehead atoms. The summed E-state index contributed by atoms with van der Waals surface area (Å²) in [6, 6.07) is 5.20. The number of benzene rings is 1. The van der Waals surface area contributed by atoms with Gasteiger partial charge < -0.3 is 10.3 Å². The van der Waals surface area contributed by atoms with Gasteiger partial charge in [-0.2, -0.15) is 0 Å². The number of rotatable bonds is 5. The predicted molar refractivity (Wildman–Crippen MR) is 84.4 cm³/mol. The van der Waals surface area contributed by atoms with Gasteiger partial charge >= 0.3 is 5.69 Å². The number of hydrazine groups is 1. The number of nitrogen functional groups attached to an aromatic ring is 1. The molecule has 0 saturated carbocycles. The molecule has 0 aliphatic carbocycles. The van der Waals surface area contributed by atoms with Crippen LogP contribution >= 0.6 is 0 Å². The lowest BCUT2D eigenvalue weighted by molar-refractivity contribution is -0.383. The zero-order valence-corrected chi connectivity index (χ0v) is 12.6. The topological polar surface area (TPSA) is 87.7 Å². The molecule has 116 valence electrons. The van der Waals surface area contributed by atoms with E-state index in [0.29, 0.717) is 17.3 Å². The molecule has 0 atom stereocenters. The average Bonchev–Trinajstić information content (AvgIpc) is 2.46. The van der Waals surface area contributed by atoms with Crippen molar-refractivity contribution in [3.05, 3.63) is 28.3 Å². The quantitative estimate of drug-likeness (QED) is 0.488. The van der Waals surface area contributed by atoms with Gasteiger partial charge in [-0.1, -0.05) is 19.9 Å². The number of nitro benzene ring substituents is 1. The summed E-state index contributed by atoms with van der Waals surface area (Å²) in [7, 11) is 0. The maximum absolute atomic E-state index is 11.3. The summed E-state index contributed by atoms with van der Waals surface area (Å²) < 4.78 is 0. The Bertz CT molecular complexity index is 498. The van der Waals surface area contributed by atoms with Crippen molar-refractivity contribution in [3.8, 4) is 0 Å². The highest BCUT2D eigenvalue weighted by Gasteiger charge is 2.26. The number of nitrogens with zero attached hydrogens (tertiary/aromatic N) is 3. The van der Waals surface area contributed by atoms with E-state index in [-0.39, 0.29) is 10.6 Å². The van der Waals surface area contributed by atoms with Crippen LogP contribution in [-0.2, 0) is 0 Å². The third-order valence-electron chi connectivity index (χ3n) is 3.69. The van der Waals surface area contributed by atoms with Crippen LogP contribution in [-0.4, -0.2) is 42.5 Å². The second-order valence-corrected chi connectivity index (χ2v) is 5.76. The molecule has 7 heteroatoms. The monoisotopic (exact) mass is 293 g/mol. The first-order valence-electron chi connectivity index (χ1n) is 7.24. The molecule has 1 aliphatic rings. The number of nitro groups is 1. The van der Waals surface area contributed by atoms with Crippen molar-refractivity contribution in [2.75, 3.05) is 43.0 Å². The van der Waals surface area contributed by atoms with Crippen LogP contribution in [0, 0.1) is 16.0 Å². The standard InChI is InChI=1S/C14H23N5O2/c1-11(2)10-17-6-8-18(9-7-17)13-5-3-4-12(16-15)14(13)19(20)21/h3-5,11,16H,6-10,15H2,1-2H3. The Kier molecular flexibility index (Phi) is 4.98. The Hall–Kier alpha value is -1.86. The molecule has 21 heavy (non-hydrogen) atoms. The lowest BCUT2D eigenvalue weighted by Gasteiger charge is -2.36. The number of hydrogen-bond acceptors (Lipinski definition) is 6. The Morgan fingerprint density at radius 1 is 1.33 bits per heavy atom. The first kappa shape index (κ1) is 15.5. The molecule has 0 radical (unpaired) electrons. The van der Waals surface area contributed by atoms with E-state index in [1.54, 1.807) is 18.2 Å². The molecule has 1 heterocycles. The summed E-state index contributed by atoms with van der Waals surface area (Å²) >= 11 is 0. The zero-order chi connectivity index (χ0) is 15.4. The number of nitrogens with two attached hydrogens (primary N) is 1. The van der Waals surface area contributed by atoms with Crippen LogP contribution in [0.15, 0.2) is 18.2 Å². The number of piperazine rings is 1. The normalized spacial score (nSPS) is 16.3. The molecule has 3 N–H and O–H groups in total. The second-order valence-electron chi connectivity index (χ2n) is 5.76. The first-order chi connectivity index (χ1) is 10.0. The van der Waals surface area contributed by atoms with Gasteiger partial charge in [-0.15, -0.1) is 0 Å². The zero-order valence-electron chi connectivity index (χ0n) is 12.6. The third kappa shape index (κ3) is 3.62. The molecule has 0 spiro atoms. The summed E-state index contributed by atoms with van der Waals surface area (Å²) in [5.74, 6) is 6.02. The van der Waals surface area contributed by atoms with Crippen molar-refractivity contribution in [2.45, 2.75) is 13.8 Å². The van der Waals surface area contributed by atoms with Crippen molar-refractivity contribution in [1.29, 1.82) is 0 Å². The minimum Gasteiger partial charge on any atom is -0.363 e. The second kappa shape index (κ2) is 6.73. The van der Waals surface area contributed by atoms with E-state index in [1.807, 2.05) is 0 Å². The van der Waals surface area contributed by atoms with Crippen LogP contribution < -0.4 is 16.2 Å². The van der Waals surface area contributed by atoms with Gasteiger partial charge in [0.1, 0.15) is 11.4 Å². The maximum atomic E-state index is 11.3. The van der Waals surface area contributed by atoms with Crippen molar-refractivity contribution in [3.63, 3.8) is 0 Å². The highest BCUT2D eigenvalue weighted by Crippen LogP contribution is 2.35. The van der Waals surface area contributed by atoms with E-state index in [1.165, 1.54) is 0 Å². The fourth-order valence-electron chi connectivity index (χ4n) is 2.78. The third-order valence-corrected chi connectivity index (χ3v) is 3.69. The van der Waals surface area contributed by atoms with E-state index in [9.17, 15) is 10.1 Å². The molecule has 0 amide bonds. The van der Waals surface area contributed by atoms with Gasteiger partial charge in [0.2, 0.25) is 0 Å². The van der Waals surface area contributed by atoms with E-state index >= 15 is 0 Å².